The van der Waals surface area contributed by atoms with Crippen LogP contribution in [0.15, 0.2) is 60.7 Å². The molecule has 0 aliphatic rings. The molecule has 0 unspecified atom stereocenters. The van der Waals surface area contributed by atoms with Crippen LogP contribution in [0.25, 0.3) is 0 Å². The van der Waals surface area contributed by atoms with Crippen LogP contribution in [0, 0.1) is 6.92 Å². The lowest BCUT2D eigenvalue weighted by atomic mass is 10.1. The van der Waals surface area contributed by atoms with Crippen LogP contribution in [0.1, 0.15) is 27.0 Å². The fourth-order valence-corrected chi connectivity index (χ4v) is 3.08. The van der Waals surface area contributed by atoms with Gasteiger partial charge in [0.05, 0.1) is 19.8 Å². The Labute approximate surface area is 170 Å². The number of carbonyl (C=O) groups excluding carboxylic acids is 1. The number of carbonyl (C=O) groups is 1. The summed E-state index contributed by atoms with van der Waals surface area (Å²) < 4.78 is 23.2. The van der Waals surface area contributed by atoms with Crippen molar-refractivity contribution in [1.29, 1.82) is 0 Å². The van der Waals surface area contributed by atoms with Crippen LogP contribution in [0.5, 0.6) is 23.0 Å². The summed E-state index contributed by atoms with van der Waals surface area (Å²) in [6.45, 7) is 2.44. The normalized spacial score (nSPS) is 10.3. The fraction of sp³-hybridized carbons (Fsp3) is 0.208. The topological polar surface area (TPSA) is 54.0 Å². The number of rotatable bonds is 9. The minimum Gasteiger partial charge on any atom is -0.490 e. The summed E-state index contributed by atoms with van der Waals surface area (Å²) in [5, 5.41) is 0. The van der Waals surface area contributed by atoms with Crippen LogP contribution >= 0.6 is 0 Å². The Kier molecular flexibility index (Phi) is 6.74. The molecule has 0 radical (unpaired) electrons. The van der Waals surface area contributed by atoms with E-state index in [0.29, 0.717) is 47.3 Å². The molecule has 29 heavy (non-hydrogen) atoms. The minimum absolute atomic E-state index is 0.296. The Morgan fingerprint density at radius 1 is 0.690 bits per heavy atom. The van der Waals surface area contributed by atoms with Gasteiger partial charge >= 0.3 is 0 Å². The highest BCUT2D eigenvalue weighted by molar-refractivity contribution is 5.87. The van der Waals surface area contributed by atoms with Gasteiger partial charge in [-0.15, -0.1) is 0 Å². The van der Waals surface area contributed by atoms with Gasteiger partial charge in [-0.25, -0.2) is 0 Å². The first-order chi connectivity index (χ1) is 14.2. The van der Waals surface area contributed by atoms with Gasteiger partial charge in [-0.1, -0.05) is 60.7 Å². The average molecular weight is 392 g/mol. The number of hydrogen-bond acceptors (Lipinski definition) is 5. The lowest BCUT2D eigenvalue weighted by Gasteiger charge is -2.21. The molecule has 3 aromatic carbocycles. The molecule has 3 aromatic rings. The predicted molar refractivity (Wildman–Crippen MR) is 111 cm³/mol. The SMILES string of the molecule is COc1c(OCc2ccccc2)c(C)c(C=O)c(OCc2ccccc2)c1OC. The zero-order valence-corrected chi connectivity index (χ0v) is 16.8. The van der Waals surface area contributed by atoms with E-state index < -0.39 is 0 Å². The van der Waals surface area contributed by atoms with Crippen molar-refractivity contribution in [3.63, 3.8) is 0 Å². The van der Waals surface area contributed by atoms with E-state index >= 15 is 0 Å². The van der Waals surface area contributed by atoms with Gasteiger partial charge in [0, 0.05) is 5.56 Å². The maximum absolute atomic E-state index is 11.9. The van der Waals surface area contributed by atoms with E-state index in [2.05, 4.69) is 0 Å². The van der Waals surface area contributed by atoms with Crippen LogP contribution in [-0.4, -0.2) is 20.5 Å². The molecule has 0 atom stereocenters. The van der Waals surface area contributed by atoms with Crippen LogP contribution in [0.2, 0.25) is 0 Å². The first-order valence-electron chi connectivity index (χ1n) is 9.26. The predicted octanol–water partition coefficient (Wildman–Crippen LogP) is 4.98. The van der Waals surface area contributed by atoms with Crippen molar-refractivity contribution < 1.29 is 23.7 Å². The molecule has 0 amide bonds. The number of ether oxygens (including phenoxy) is 4. The van der Waals surface area contributed by atoms with Gasteiger partial charge in [-0.3, -0.25) is 4.79 Å². The lowest BCUT2D eigenvalue weighted by Crippen LogP contribution is -2.07. The first-order valence-corrected chi connectivity index (χ1v) is 9.26. The van der Waals surface area contributed by atoms with Crippen molar-refractivity contribution in [2.75, 3.05) is 14.2 Å². The summed E-state index contributed by atoms with van der Waals surface area (Å²) in [7, 11) is 3.05. The Morgan fingerprint density at radius 3 is 1.59 bits per heavy atom. The van der Waals surface area contributed by atoms with Crippen LogP contribution in [0.3, 0.4) is 0 Å². The Bertz CT molecular complexity index is 952. The summed E-state index contributed by atoms with van der Waals surface area (Å²) in [6, 6.07) is 19.5. The number of benzene rings is 3. The molecule has 5 heteroatoms. The lowest BCUT2D eigenvalue weighted by molar-refractivity contribution is 0.111. The molecule has 0 aliphatic heterocycles. The van der Waals surface area contributed by atoms with Crippen molar-refractivity contribution in [2.24, 2.45) is 0 Å². The summed E-state index contributed by atoms with van der Waals surface area (Å²) in [6.07, 6.45) is 0.757. The first kappa shape index (κ1) is 20.3. The van der Waals surface area contributed by atoms with Crippen molar-refractivity contribution in [2.45, 2.75) is 20.1 Å². The third kappa shape index (κ3) is 4.51. The fourth-order valence-electron chi connectivity index (χ4n) is 3.08. The van der Waals surface area contributed by atoms with Gasteiger partial charge in [-0.05, 0) is 18.1 Å². The van der Waals surface area contributed by atoms with E-state index in [1.165, 1.54) is 14.2 Å². The van der Waals surface area contributed by atoms with E-state index in [0.717, 1.165) is 17.4 Å². The van der Waals surface area contributed by atoms with Crippen LogP contribution in [0.4, 0.5) is 0 Å². The van der Waals surface area contributed by atoms with Gasteiger partial charge in [0.2, 0.25) is 11.5 Å². The molecule has 0 saturated heterocycles. The monoisotopic (exact) mass is 392 g/mol. The largest absolute Gasteiger partial charge is 0.490 e. The number of aldehydes is 1. The second-order valence-electron chi connectivity index (χ2n) is 6.43. The van der Waals surface area contributed by atoms with E-state index in [1.807, 2.05) is 60.7 Å². The maximum Gasteiger partial charge on any atom is 0.208 e. The van der Waals surface area contributed by atoms with Gasteiger partial charge in [0.1, 0.15) is 13.2 Å². The molecule has 5 nitrogen and oxygen atoms in total. The molecule has 0 bridgehead atoms. The Hall–Kier alpha value is -3.47. The van der Waals surface area contributed by atoms with E-state index in [9.17, 15) is 4.79 Å². The molecule has 3 rings (SSSR count). The van der Waals surface area contributed by atoms with Gasteiger partial charge < -0.3 is 18.9 Å². The van der Waals surface area contributed by atoms with Crippen molar-refractivity contribution in [3.05, 3.63) is 82.9 Å². The standard InChI is InChI=1S/C24H24O5/c1-17-20(14-25)22(29-16-19-12-8-5-9-13-19)24(27-3)23(26-2)21(17)28-15-18-10-6-4-7-11-18/h4-14H,15-16H2,1-3H3. The molecule has 0 heterocycles. The molecule has 0 aliphatic carbocycles. The number of methoxy groups -OCH3 is 2. The highest BCUT2D eigenvalue weighted by Crippen LogP contribution is 2.49. The molecule has 0 spiro atoms. The molecular weight excluding hydrogens is 368 g/mol. The van der Waals surface area contributed by atoms with Crippen molar-refractivity contribution >= 4 is 6.29 Å². The molecule has 150 valence electrons. The van der Waals surface area contributed by atoms with Crippen LogP contribution in [-0.2, 0) is 13.2 Å². The van der Waals surface area contributed by atoms with E-state index in [4.69, 9.17) is 18.9 Å². The van der Waals surface area contributed by atoms with Gasteiger partial charge in [0.15, 0.2) is 17.8 Å². The summed E-state index contributed by atoms with van der Waals surface area (Å²) >= 11 is 0. The maximum atomic E-state index is 11.9. The third-order valence-electron chi connectivity index (χ3n) is 4.59. The molecule has 0 N–H and O–H groups in total. The molecule has 0 fully saturated rings. The summed E-state index contributed by atoms with van der Waals surface area (Å²) in [4.78, 5) is 11.9. The smallest absolute Gasteiger partial charge is 0.208 e. The quantitative estimate of drug-likeness (QED) is 0.481. The molecular formula is C24H24O5. The highest BCUT2D eigenvalue weighted by Gasteiger charge is 2.26. The van der Waals surface area contributed by atoms with Crippen LogP contribution < -0.4 is 18.9 Å². The zero-order valence-electron chi connectivity index (χ0n) is 16.8. The van der Waals surface area contributed by atoms with E-state index in [1.54, 1.807) is 6.92 Å². The Balaban J connectivity index is 1.98. The zero-order chi connectivity index (χ0) is 20.6. The third-order valence-corrected chi connectivity index (χ3v) is 4.59. The second kappa shape index (κ2) is 9.64. The van der Waals surface area contributed by atoms with Gasteiger partial charge in [-0.2, -0.15) is 0 Å². The Morgan fingerprint density at radius 2 is 1.14 bits per heavy atom. The van der Waals surface area contributed by atoms with Crippen molar-refractivity contribution in [3.8, 4) is 23.0 Å². The minimum atomic E-state index is 0.296. The average Bonchev–Trinajstić information content (AvgIpc) is 2.77. The molecule has 0 saturated carbocycles. The second-order valence-corrected chi connectivity index (χ2v) is 6.43. The number of hydrogen-bond donors (Lipinski definition) is 0. The summed E-state index contributed by atoms with van der Waals surface area (Å²) in [5.74, 6) is 1.53. The summed E-state index contributed by atoms with van der Waals surface area (Å²) in [5.41, 5.74) is 3.00. The molecule has 0 aromatic heterocycles. The highest BCUT2D eigenvalue weighted by atomic mass is 16.5. The van der Waals surface area contributed by atoms with Crippen molar-refractivity contribution in [1.82, 2.24) is 0 Å². The van der Waals surface area contributed by atoms with E-state index in [-0.39, 0.29) is 0 Å². The van der Waals surface area contributed by atoms with Gasteiger partial charge in [0.25, 0.3) is 0 Å².